The van der Waals surface area contributed by atoms with E-state index in [1.165, 1.54) is 0 Å². The first-order valence-corrected chi connectivity index (χ1v) is 6.55. The van der Waals surface area contributed by atoms with Gasteiger partial charge in [0.2, 0.25) is 5.91 Å². The molecule has 0 atom stereocenters. The fourth-order valence-electron chi connectivity index (χ4n) is 1.71. The molecule has 2 rings (SSSR count). The van der Waals surface area contributed by atoms with Crippen molar-refractivity contribution >= 4 is 17.3 Å². The van der Waals surface area contributed by atoms with Crippen molar-refractivity contribution in [1.29, 1.82) is 0 Å². The van der Waals surface area contributed by atoms with E-state index in [0.29, 0.717) is 30.5 Å². The van der Waals surface area contributed by atoms with Crippen LogP contribution in [0, 0.1) is 0 Å². The number of benzene rings is 1. The number of nitrogens with two attached hydrogens (primary N) is 1. The highest BCUT2D eigenvalue weighted by molar-refractivity contribution is 5.76. The van der Waals surface area contributed by atoms with Gasteiger partial charge in [-0.15, -0.1) is 0 Å². The molecule has 0 radical (unpaired) electrons. The third-order valence-electron chi connectivity index (χ3n) is 3.04. The van der Waals surface area contributed by atoms with Crippen LogP contribution in [0.3, 0.4) is 0 Å². The summed E-state index contributed by atoms with van der Waals surface area (Å²) in [6, 6.07) is 6.03. The molecule has 0 spiro atoms. The van der Waals surface area contributed by atoms with Gasteiger partial charge in [-0.2, -0.15) is 0 Å². The predicted molar refractivity (Wildman–Crippen MR) is 76.5 cm³/mol. The molecule has 1 fully saturated rings. The van der Waals surface area contributed by atoms with E-state index in [0.717, 1.165) is 18.5 Å². The van der Waals surface area contributed by atoms with Crippen LogP contribution in [-0.4, -0.2) is 32.7 Å². The first-order chi connectivity index (χ1) is 9.06. The van der Waals surface area contributed by atoms with Crippen LogP contribution >= 0.6 is 0 Å². The Morgan fingerprint density at radius 1 is 1.47 bits per heavy atom. The molecule has 0 aromatic heterocycles. The van der Waals surface area contributed by atoms with Gasteiger partial charge in [0.15, 0.2) is 0 Å². The fraction of sp³-hybridized carbons (Fsp3) is 0.500. The van der Waals surface area contributed by atoms with Crippen molar-refractivity contribution in [2.75, 3.05) is 31.3 Å². The second kappa shape index (κ2) is 5.82. The number of hydrogen-bond donors (Lipinski definition) is 2. The van der Waals surface area contributed by atoms with Gasteiger partial charge in [-0.25, -0.2) is 0 Å². The molecule has 5 nitrogen and oxygen atoms in total. The summed E-state index contributed by atoms with van der Waals surface area (Å²) in [7, 11) is 3.91. The smallest absolute Gasteiger partial charge is 0.223 e. The third kappa shape index (κ3) is 4.05. The first kappa shape index (κ1) is 13.5. The van der Waals surface area contributed by atoms with E-state index in [-0.39, 0.29) is 5.91 Å². The molecule has 3 N–H and O–H groups in total. The van der Waals surface area contributed by atoms with Crippen LogP contribution in [-0.2, 0) is 4.79 Å². The zero-order valence-electron chi connectivity index (χ0n) is 11.5. The SMILES string of the molecule is CN(C)c1ccc(N)c(OCCC(=O)NC2CC2)c1. The van der Waals surface area contributed by atoms with Crippen LogP contribution in [0.2, 0.25) is 0 Å². The number of carbonyl (C=O) groups is 1. The van der Waals surface area contributed by atoms with Crippen LogP contribution in [0.5, 0.6) is 5.75 Å². The number of nitrogens with one attached hydrogen (secondary N) is 1. The lowest BCUT2D eigenvalue weighted by Crippen LogP contribution is -2.26. The van der Waals surface area contributed by atoms with Crippen molar-refractivity contribution in [3.63, 3.8) is 0 Å². The molecule has 5 heteroatoms. The molecule has 0 bridgehead atoms. The van der Waals surface area contributed by atoms with Crippen molar-refractivity contribution < 1.29 is 9.53 Å². The molecular weight excluding hydrogens is 242 g/mol. The molecule has 0 heterocycles. The predicted octanol–water partition coefficient (Wildman–Crippen LogP) is 1.38. The molecule has 0 saturated heterocycles. The molecule has 1 amide bonds. The summed E-state index contributed by atoms with van der Waals surface area (Å²) in [4.78, 5) is 13.5. The highest BCUT2D eigenvalue weighted by Gasteiger charge is 2.22. The maximum absolute atomic E-state index is 11.5. The van der Waals surface area contributed by atoms with E-state index in [1.54, 1.807) is 0 Å². The molecule has 104 valence electrons. The van der Waals surface area contributed by atoms with Crippen molar-refractivity contribution in [3.05, 3.63) is 18.2 Å². The largest absolute Gasteiger partial charge is 0.491 e. The average Bonchev–Trinajstić information content (AvgIpc) is 3.15. The molecule has 1 saturated carbocycles. The van der Waals surface area contributed by atoms with Gasteiger partial charge in [0, 0.05) is 31.9 Å². The standard InChI is InChI=1S/C14H21N3O2/c1-17(2)11-5-6-12(15)13(9-11)19-8-7-14(18)16-10-3-4-10/h5-6,9-10H,3-4,7-8,15H2,1-2H3,(H,16,18). The topological polar surface area (TPSA) is 67.6 Å². The van der Waals surface area contributed by atoms with Gasteiger partial charge in [0.1, 0.15) is 5.75 Å². The second-order valence-electron chi connectivity index (χ2n) is 5.06. The Kier molecular flexibility index (Phi) is 4.14. The zero-order chi connectivity index (χ0) is 13.8. The molecule has 1 aliphatic carbocycles. The van der Waals surface area contributed by atoms with E-state index in [9.17, 15) is 4.79 Å². The number of nitrogen functional groups attached to an aromatic ring is 1. The van der Waals surface area contributed by atoms with Crippen LogP contribution in [0.4, 0.5) is 11.4 Å². The van der Waals surface area contributed by atoms with Crippen LogP contribution in [0.25, 0.3) is 0 Å². The number of rotatable bonds is 6. The lowest BCUT2D eigenvalue weighted by atomic mass is 10.2. The summed E-state index contributed by atoms with van der Waals surface area (Å²) < 4.78 is 5.59. The molecule has 1 aliphatic rings. The van der Waals surface area contributed by atoms with Crippen LogP contribution in [0.1, 0.15) is 19.3 Å². The fourth-order valence-corrected chi connectivity index (χ4v) is 1.71. The van der Waals surface area contributed by atoms with E-state index in [2.05, 4.69) is 5.32 Å². The maximum Gasteiger partial charge on any atom is 0.223 e. The second-order valence-corrected chi connectivity index (χ2v) is 5.06. The molecule has 1 aromatic rings. The summed E-state index contributed by atoms with van der Waals surface area (Å²) >= 11 is 0. The number of hydrogen-bond acceptors (Lipinski definition) is 4. The average molecular weight is 263 g/mol. The van der Waals surface area contributed by atoms with Gasteiger partial charge < -0.3 is 20.7 Å². The van der Waals surface area contributed by atoms with Gasteiger partial charge in [0.05, 0.1) is 18.7 Å². The van der Waals surface area contributed by atoms with E-state index < -0.39 is 0 Å². The minimum absolute atomic E-state index is 0.0461. The third-order valence-corrected chi connectivity index (χ3v) is 3.04. The molecule has 19 heavy (non-hydrogen) atoms. The molecule has 0 unspecified atom stereocenters. The number of anilines is 2. The summed E-state index contributed by atoms with van der Waals surface area (Å²) in [5.74, 6) is 0.676. The van der Waals surface area contributed by atoms with Gasteiger partial charge in [-0.1, -0.05) is 0 Å². The lowest BCUT2D eigenvalue weighted by Gasteiger charge is -2.15. The van der Waals surface area contributed by atoms with Gasteiger partial charge in [0.25, 0.3) is 0 Å². The normalized spacial score (nSPS) is 14.0. The number of ether oxygens (including phenoxy) is 1. The van der Waals surface area contributed by atoms with Gasteiger partial charge in [-0.05, 0) is 25.0 Å². The number of amides is 1. The number of nitrogens with zero attached hydrogens (tertiary/aromatic N) is 1. The van der Waals surface area contributed by atoms with Crippen molar-refractivity contribution in [1.82, 2.24) is 5.32 Å². The summed E-state index contributed by atoms with van der Waals surface area (Å²) in [6.45, 7) is 0.347. The Morgan fingerprint density at radius 3 is 2.84 bits per heavy atom. The van der Waals surface area contributed by atoms with Crippen molar-refractivity contribution in [3.8, 4) is 5.75 Å². The Labute approximate surface area is 113 Å². The Balaban J connectivity index is 1.83. The summed E-state index contributed by atoms with van der Waals surface area (Å²) in [5.41, 5.74) is 7.46. The molecule has 1 aromatic carbocycles. The quantitative estimate of drug-likeness (QED) is 0.761. The van der Waals surface area contributed by atoms with Crippen LogP contribution in [0.15, 0.2) is 18.2 Å². The van der Waals surface area contributed by atoms with E-state index in [1.807, 2.05) is 37.2 Å². The van der Waals surface area contributed by atoms with Crippen LogP contribution < -0.4 is 20.7 Å². The van der Waals surface area contributed by atoms with Crippen molar-refractivity contribution in [2.45, 2.75) is 25.3 Å². The molecule has 0 aliphatic heterocycles. The van der Waals surface area contributed by atoms with Gasteiger partial charge in [-0.3, -0.25) is 4.79 Å². The highest BCUT2D eigenvalue weighted by atomic mass is 16.5. The first-order valence-electron chi connectivity index (χ1n) is 6.55. The summed E-state index contributed by atoms with van der Waals surface area (Å²) in [5, 5.41) is 2.93. The maximum atomic E-state index is 11.5. The Morgan fingerprint density at radius 2 is 2.21 bits per heavy atom. The zero-order valence-corrected chi connectivity index (χ0v) is 11.5. The Bertz CT molecular complexity index is 456. The Hall–Kier alpha value is -1.91. The lowest BCUT2D eigenvalue weighted by molar-refractivity contribution is -0.121. The monoisotopic (exact) mass is 263 g/mol. The minimum Gasteiger partial charge on any atom is -0.491 e. The van der Waals surface area contributed by atoms with Gasteiger partial charge >= 0.3 is 0 Å². The minimum atomic E-state index is 0.0461. The number of carbonyl (C=O) groups excluding carboxylic acids is 1. The van der Waals surface area contributed by atoms with E-state index >= 15 is 0 Å². The van der Waals surface area contributed by atoms with E-state index in [4.69, 9.17) is 10.5 Å². The summed E-state index contributed by atoms with van der Waals surface area (Å²) in [6.07, 6.45) is 2.57. The van der Waals surface area contributed by atoms with Crippen molar-refractivity contribution in [2.24, 2.45) is 0 Å². The molecular formula is C14H21N3O2. The highest BCUT2D eigenvalue weighted by Crippen LogP contribution is 2.27.